The molecule has 0 amide bonds. The molecular formula is C17H28BrNO. The third-order valence-electron chi connectivity index (χ3n) is 3.64. The van der Waals surface area contributed by atoms with Crippen molar-refractivity contribution in [3.8, 4) is 5.75 Å². The van der Waals surface area contributed by atoms with Crippen LogP contribution in [0.1, 0.15) is 58.1 Å². The average molecular weight is 342 g/mol. The van der Waals surface area contributed by atoms with E-state index in [9.17, 15) is 0 Å². The monoisotopic (exact) mass is 341 g/mol. The van der Waals surface area contributed by atoms with E-state index in [4.69, 9.17) is 4.74 Å². The van der Waals surface area contributed by atoms with Crippen LogP contribution in [0.15, 0.2) is 22.7 Å². The molecule has 3 heteroatoms. The van der Waals surface area contributed by atoms with Crippen LogP contribution in [0.4, 0.5) is 0 Å². The second-order valence-corrected chi connectivity index (χ2v) is 6.38. The van der Waals surface area contributed by atoms with E-state index in [0.29, 0.717) is 6.04 Å². The number of rotatable bonds is 9. The summed E-state index contributed by atoms with van der Waals surface area (Å²) in [4.78, 5) is 0. The standard InChI is InChI=1S/C17H28BrNO/c1-5-7-13(3)11-16(19-10-6-2)14-8-9-17(20-4)15(18)12-14/h8-9,12-13,16,19H,5-7,10-11H2,1-4H3. The smallest absolute Gasteiger partial charge is 0.133 e. The summed E-state index contributed by atoms with van der Waals surface area (Å²) in [6, 6.07) is 6.84. The molecule has 0 aliphatic carbocycles. The number of halogens is 1. The van der Waals surface area contributed by atoms with Gasteiger partial charge >= 0.3 is 0 Å². The molecule has 1 N–H and O–H groups in total. The molecular weight excluding hydrogens is 314 g/mol. The average Bonchev–Trinajstić information content (AvgIpc) is 2.43. The maximum Gasteiger partial charge on any atom is 0.133 e. The van der Waals surface area contributed by atoms with Crippen molar-refractivity contribution in [2.45, 2.75) is 52.5 Å². The summed E-state index contributed by atoms with van der Waals surface area (Å²) >= 11 is 3.59. The Bertz CT molecular complexity index is 395. The Morgan fingerprint density at radius 2 is 2.00 bits per heavy atom. The Balaban J connectivity index is 2.83. The van der Waals surface area contributed by atoms with Gasteiger partial charge in [-0.15, -0.1) is 0 Å². The molecule has 0 fully saturated rings. The second kappa shape index (κ2) is 9.41. The van der Waals surface area contributed by atoms with Crippen LogP contribution in [-0.2, 0) is 0 Å². The minimum atomic E-state index is 0.429. The summed E-state index contributed by atoms with van der Waals surface area (Å²) in [6.07, 6.45) is 4.90. The molecule has 2 unspecified atom stereocenters. The third-order valence-corrected chi connectivity index (χ3v) is 4.26. The van der Waals surface area contributed by atoms with Gasteiger partial charge in [0.05, 0.1) is 11.6 Å². The van der Waals surface area contributed by atoms with E-state index in [2.05, 4.69) is 54.2 Å². The van der Waals surface area contributed by atoms with Crippen LogP contribution in [0.3, 0.4) is 0 Å². The Labute approximate surface area is 132 Å². The molecule has 1 rings (SSSR count). The van der Waals surface area contributed by atoms with Crippen LogP contribution >= 0.6 is 15.9 Å². The molecule has 0 aliphatic heterocycles. The predicted octanol–water partition coefficient (Wildman–Crippen LogP) is 5.32. The van der Waals surface area contributed by atoms with E-state index in [-0.39, 0.29) is 0 Å². The molecule has 2 nitrogen and oxygen atoms in total. The number of methoxy groups -OCH3 is 1. The summed E-state index contributed by atoms with van der Waals surface area (Å²) in [5, 5.41) is 3.68. The molecule has 0 spiro atoms. The molecule has 0 aliphatic rings. The van der Waals surface area contributed by atoms with E-state index in [1.807, 2.05) is 6.07 Å². The molecule has 0 saturated heterocycles. The highest BCUT2D eigenvalue weighted by Gasteiger charge is 2.15. The van der Waals surface area contributed by atoms with E-state index >= 15 is 0 Å². The van der Waals surface area contributed by atoms with E-state index in [1.54, 1.807) is 7.11 Å². The van der Waals surface area contributed by atoms with Gasteiger partial charge < -0.3 is 10.1 Å². The lowest BCUT2D eigenvalue weighted by molar-refractivity contribution is 0.388. The fourth-order valence-corrected chi connectivity index (χ4v) is 3.13. The fourth-order valence-electron chi connectivity index (χ4n) is 2.57. The molecule has 0 heterocycles. The van der Waals surface area contributed by atoms with Gasteiger partial charge in [0, 0.05) is 6.04 Å². The maximum atomic E-state index is 5.31. The number of nitrogens with one attached hydrogen (secondary N) is 1. The van der Waals surface area contributed by atoms with Crippen LogP contribution in [0.2, 0.25) is 0 Å². The Morgan fingerprint density at radius 3 is 2.55 bits per heavy atom. The van der Waals surface area contributed by atoms with Crippen LogP contribution in [0.5, 0.6) is 5.75 Å². The first-order chi connectivity index (χ1) is 9.62. The van der Waals surface area contributed by atoms with Crippen LogP contribution < -0.4 is 10.1 Å². The molecule has 2 atom stereocenters. The van der Waals surface area contributed by atoms with Crippen molar-refractivity contribution in [2.24, 2.45) is 5.92 Å². The van der Waals surface area contributed by atoms with E-state index < -0.39 is 0 Å². The van der Waals surface area contributed by atoms with Crippen LogP contribution in [0.25, 0.3) is 0 Å². The summed E-state index contributed by atoms with van der Waals surface area (Å²) in [6.45, 7) is 7.88. The highest BCUT2D eigenvalue weighted by molar-refractivity contribution is 9.10. The minimum Gasteiger partial charge on any atom is -0.496 e. The number of hydrogen-bond donors (Lipinski definition) is 1. The summed E-state index contributed by atoms with van der Waals surface area (Å²) in [5.74, 6) is 1.64. The van der Waals surface area contributed by atoms with Gasteiger partial charge in [0.25, 0.3) is 0 Å². The van der Waals surface area contributed by atoms with Gasteiger partial charge in [-0.05, 0) is 58.9 Å². The van der Waals surface area contributed by atoms with Crippen LogP contribution in [-0.4, -0.2) is 13.7 Å². The molecule has 0 radical (unpaired) electrons. The van der Waals surface area contributed by atoms with Crippen molar-refractivity contribution >= 4 is 15.9 Å². The minimum absolute atomic E-state index is 0.429. The van der Waals surface area contributed by atoms with Gasteiger partial charge in [-0.25, -0.2) is 0 Å². The Morgan fingerprint density at radius 1 is 1.25 bits per heavy atom. The normalized spacial score (nSPS) is 14.1. The van der Waals surface area contributed by atoms with Crippen LogP contribution in [0, 0.1) is 5.92 Å². The predicted molar refractivity (Wildman–Crippen MR) is 90.4 cm³/mol. The van der Waals surface area contributed by atoms with Crippen molar-refractivity contribution in [1.29, 1.82) is 0 Å². The van der Waals surface area contributed by atoms with Gasteiger partial charge in [-0.1, -0.05) is 39.7 Å². The highest BCUT2D eigenvalue weighted by Crippen LogP contribution is 2.31. The van der Waals surface area contributed by atoms with Gasteiger partial charge in [0.15, 0.2) is 0 Å². The number of benzene rings is 1. The third kappa shape index (κ3) is 5.45. The maximum absolute atomic E-state index is 5.31. The molecule has 114 valence electrons. The molecule has 0 saturated carbocycles. The zero-order valence-corrected chi connectivity index (χ0v) is 14.8. The number of ether oxygens (including phenoxy) is 1. The first kappa shape index (κ1) is 17.5. The molecule has 0 bridgehead atoms. The lowest BCUT2D eigenvalue weighted by atomic mass is 9.93. The van der Waals surface area contributed by atoms with Crippen molar-refractivity contribution in [1.82, 2.24) is 5.32 Å². The van der Waals surface area contributed by atoms with E-state index in [0.717, 1.165) is 29.1 Å². The lowest BCUT2D eigenvalue weighted by Crippen LogP contribution is -2.24. The van der Waals surface area contributed by atoms with Gasteiger partial charge in [0.2, 0.25) is 0 Å². The zero-order valence-electron chi connectivity index (χ0n) is 13.2. The van der Waals surface area contributed by atoms with Crippen molar-refractivity contribution in [3.63, 3.8) is 0 Å². The second-order valence-electron chi connectivity index (χ2n) is 5.53. The highest BCUT2D eigenvalue weighted by atomic mass is 79.9. The molecule has 1 aromatic rings. The topological polar surface area (TPSA) is 21.3 Å². The van der Waals surface area contributed by atoms with Crippen molar-refractivity contribution in [2.75, 3.05) is 13.7 Å². The van der Waals surface area contributed by atoms with Crippen molar-refractivity contribution < 1.29 is 4.74 Å². The fraction of sp³-hybridized carbons (Fsp3) is 0.647. The first-order valence-electron chi connectivity index (χ1n) is 7.69. The summed E-state index contributed by atoms with van der Waals surface area (Å²) in [5.41, 5.74) is 1.34. The van der Waals surface area contributed by atoms with Gasteiger partial charge in [-0.2, -0.15) is 0 Å². The summed E-state index contributed by atoms with van der Waals surface area (Å²) in [7, 11) is 1.70. The molecule has 20 heavy (non-hydrogen) atoms. The Hall–Kier alpha value is -0.540. The SMILES string of the molecule is CCCNC(CC(C)CCC)c1ccc(OC)c(Br)c1. The van der Waals surface area contributed by atoms with Gasteiger partial charge in [0.1, 0.15) is 5.75 Å². The molecule has 1 aromatic carbocycles. The molecule has 0 aromatic heterocycles. The summed E-state index contributed by atoms with van der Waals surface area (Å²) < 4.78 is 6.34. The zero-order chi connectivity index (χ0) is 15.0. The first-order valence-corrected chi connectivity index (χ1v) is 8.48. The largest absolute Gasteiger partial charge is 0.496 e. The number of hydrogen-bond acceptors (Lipinski definition) is 2. The van der Waals surface area contributed by atoms with E-state index in [1.165, 1.54) is 24.8 Å². The van der Waals surface area contributed by atoms with Crippen molar-refractivity contribution in [3.05, 3.63) is 28.2 Å². The Kier molecular flexibility index (Phi) is 8.24. The lowest BCUT2D eigenvalue weighted by Gasteiger charge is -2.23. The van der Waals surface area contributed by atoms with Gasteiger partial charge in [-0.3, -0.25) is 0 Å². The quantitative estimate of drug-likeness (QED) is 0.655.